The van der Waals surface area contributed by atoms with E-state index in [1.165, 1.54) is 0 Å². The smallest absolute Gasteiger partial charge is 0.321 e. The highest BCUT2D eigenvalue weighted by Gasteiger charge is 2.30. The van der Waals surface area contributed by atoms with Gasteiger partial charge in [-0.1, -0.05) is 18.2 Å². The number of piperidine rings is 1. The lowest BCUT2D eigenvalue weighted by Gasteiger charge is -2.34. The van der Waals surface area contributed by atoms with E-state index in [1.54, 1.807) is 16.8 Å². The summed E-state index contributed by atoms with van der Waals surface area (Å²) < 4.78 is 23.0. The van der Waals surface area contributed by atoms with Crippen molar-refractivity contribution in [3.8, 4) is 0 Å². The Balaban J connectivity index is 1.40. The molecule has 0 spiro atoms. The molecule has 0 bridgehead atoms. The average Bonchev–Trinajstić information content (AvgIpc) is 3.01. The van der Waals surface area contributed by atoms with Crippen LogP contribution in [0.3, 0.4) is 0 Å². The fraction of sp³-hybridized carbons (Fsp3) is 0.579. The minimum atomic E-state index is -3.01. The molecule has 4 amide bonds. The number of carbonyl (C=O) groups is 2. The molecule has 8 nitrogen and oxygen atoms in total. The van der Waals surface area contributed by atoms with Crippen molar-refractivity contribution in [2.75, 3.05) is 43.5 Å². The van der Waals surface area contributed by atoms with E-state index >= 15 is 0 Å². The van der Waals surface area contributed by atoms with Crippen LogP contribution in [0.2, 0.25) is 0 Å². The summed E-state index contributed by atoms with van der Waals surface area (Å²) in [6.07, 6.45) is 2.14. The van der Waals surface area contributed by atoms with Gasteiger partial charge in [0.1, 0.15) is 0 Å². The first-order valence-corrected chi connectivity index (χ1v) is 11.5. The number of nitrogens with one attached hydrogen (secondary N) is 2. The molecule has 0 radical (unpaired) electrons. The molecule has 2 N–H and O–H groups in total. The van der Waals surface area contributed by atoms with Crippen LogP contribution in [0.25, 0.3) is 0 Å². The van der Waals surface area contributed by atoms with Crippen LogP contribution in [-0.2, 0) is 9.84 Å². The molecule has 0 aromatic heterocycles. The van der Waals surface area contributed by atoms with Gasteiger partial charge in [0.2, 0.25) is 0 Å². The van der Waals surface area contributed by atoms with Gasteiger partial charge in [-0.3, -0.25) is 0 Å². The molecular weight excluding hydrogens is 380 g/mol. The maximum Gasteiger partial charge on any atom is 0.321 e. The zero-order valence-corrected chi connectivity index (χ0v) is 17.0. The third kappa shape index (κ3) is 5.60. The summed E-state index contributed by atoms with van der Waals surface area (Å²) in [4.78, 5) is 28.1. The second-order valence-electron chi connectivity index (χ2n) is 7.66. The number of benzene rings is 1. The predicted octanol–water partition coefficient (Wildman–Crippen LogP) is 1.76. The summed E-state index contributed by atoms with van der Waals surface area (Å²) >= 11 is 0. The van der Waals surface area contributed by atoms with Gasteiger partial charge in [-0.25, -0.2) is 18.0 Å². The van der Waals surface area contributed by atoms with Crippen LogP contribution in [0.1, 0.15) is 19.3 Å². The second-order valence-corrected chi connectivity index (χ2v) is 9.89. The van der Waals surface area contributed by atoms with Crippen molar-refractivity contribution in [1.29, 1.82) is 0 Å². The van der Waals surface area contributed by atoms with Crippen LogP contribution in [0.15, 0.2) is 30.3 Å². The highest BCUT2D eigenvalue weighted by Crippen LogP contribution is 2.19. The molecule has 154 valence electrons. The first-order valence-electron chi connectivity index (χ1n) is 9.65. The molecule has 28 heavy (non-hydrogen) atoms. The van der Waals surface area contributed by atoms with E-state index in [2.05, 4.69) is 10.6 Å². The number of nitrogens with zero attached hydrogens (tertiary/aromatic N) is 2. The first kappa shape index (κ1) is 20.4. The van der Waals surface area contributed by atoms with Crippen molar-refractivity contribution >= 4 is 27.6 Å². The van der Waals surface area contributed by atoms with E-state index in [4.69, 9.17) is 0 Å². The largest absolute Gasteiger partial charge is 0.334 e. The Morgan fingerprint density at radius 2 is 1.82 bits per heavy atom. The monoisotopic (exact) mass is 408 g/mol. The summed E-state index contributed by atoms with van der Waals surface area (Å²) in [5.41, 5.74) is 0.778. The lowest BCUT2D eigenvalue weighted by molar-refractivity contribution is 0.160. The number of likely N-dealkylation sites (tertiary alicyclic amines) is 1. The number of amides is 4. The molecule has 2 heterocycles. The number of sulfone groups is 1. The first-order chi connectivity index (χ1) is 13.3. The Morgan fingerprint density at radius 3 is 2.43 bits per heavy atom. The van der Waals surface area contributed by atoms with Crippen LogP contribution < -0.4 is 10.6 Å². The normalized spacial score (nSPS) is 21.9. The van der Waals surface area contributed by atoms with Gasteiger partial charge in [0.15, 0.2) is 9.84 Å². The standard InChI is InChI=1S/C19H28N4O4S/c1-22(18(24)21-17-9-12-28(26,27)14-17)13-15-7-10-23(11-8-15)19(25)20-16-5-3-2-4-6-16/h2-6,15,17H,7-14H2,1H3,(H,20,25)(H,21,24)/t17-/m0/s1. The van der Waals surface area contributed by atoms with Gasteiger partial charge >= 0.3 is 12.1 Å². The molecule has 9 heteroatoms. The van der Waals surface area contributed by atoms with E-state index in [0.29, 0.717) is 32.0 Å². The number of urea groups is 2. The van der Waals surface area contributed by atoms with Crippen LogP contribution in [-0.4, -0.2) is 74.5 Å². The van der Waals surface area contributed by atoms with Gasteiger partial charge in [0.05, 0.1) is 11.5 Å². The maximum absolute atomic E-state index is 12.3. The molecule has 2 aliphatic heterocycles. The number of carbonyl (C=O) groups excluding carboxylic acids is 2. The topological polar surface area (TPSA) is 98.8 Å². The number of para-hydroxylation sites is 1. The molecule has 0 saturated carbocycles. The fourth-order valence-electron chi connectivity index (χ4n) is 3.71. The van der Waals surface area contributed by atoms with Gasteiger partial charge in [0.25, 0.3) is 0 Å². The van der Waals surface area contributed by atoms with Gasteiger partial charge < -0.3 is 20.4 Å². The quantitative estimate of drug-likeness (QED) is 0.793. The Morgan fingerprint density at radius 1 is 1.14 bits per heavy atom. The predicted molar refractivity (Wildman–Crippen MR) is 108 cm³/mol. The van der Waals surface area contributed by atoms with Crippen LogP contribution in [0.5, 0.6) is 0 Å². The zero-order valence-electron chi connectivity index (χ0n) is 16.1. The second kappa shape index (κ2) is 8.81. The molecule has 1 aromatic carbocycles. The third-order valence-electron chi connectivity index (χ3n) is 5.37. The molecule has 1 aromatic rings. The number of rotatable bonds is 4. The number of hydrogen-bond acceptors (Lipinski definition) is 4. The van der Waals surface area contributed by atoms with Crippen molar-refractivity contribution < 1.29 is 18.0 Å². The Bertz CT molecular complexity index is 791. The maximum atomic E-state index is 12.3. The summed E-state index contributed by atoms with van der Waals surface area (Å²) in [7, 11) is -1.28. The molecule has 0 aliphatic carbocycles. The van der Waals surface area contributed by atoms with E-state index in [0.717, 1.165) is 18.5 Å². The molecule has 2 saturated heterocycles. The van der Waals surface area contributed by atoms with Gasteiger partial charge in [0, 0.05) is 38.4 Å². The van der Waals surface area contributed by atoms with Crippen LogP contribution in [0.4, 0.5) is 15.3 Å². The fourth-order valence-corrected chi connectivity index (χ4v) is 5.38. The SMILES string of the molecule is CN(CC1CCN(C(=O)Nc2ccccc2)CC1)C(=O)N[C@H]1CCS(=O)(=O)C1. The van der Waals surface area contributed by atoms with E-state index < -0.39 is 9.84 Å². The summed E-state index contributed by atoms with van der Waals surface area (Å²) in [5.74, 6) is 0.496. The van der Waals surface area contributed by atoms with E-state index in [9.17, 15) is 18.0 Å². The molecule has 0 unspecified atom stereocenters. The van der Waals surface area contributed by atoms with Gasteiger partial charge in [-0.15, -0.1) is 0 Å². The highest BCUT2D eigenvalue weighted by atomic mass is 32.2. The number of anilines is 1. The Kier molecular flexibility index (Phi) is 6.43. The summed E-state index contributed by atoms with van der Waals surface area (Å²) in [5, 5.41) is 5.71. The van der Waals surface area contributed by atoms with Crippen molar-refractivity contribution in [3.05, 3.63) is 30.3 Å². The third-order valence-corrected chi connectivity index (χ3v) is 7.13. The molecule has 3 rings (SSSR count). The van der Waals surface area contributed by atoms with Crippen molar-refractivity contribution in [3.63, 3.8) is 0 Å². The van der Waals surface area contributed by atoms with E-state index in [1.807, 2.05) is 30.3 Å². The van der Waals surface area contributed by atoms with Crippen molar-refractivity contribution in [2.45, 2.75) is 25.3 Å². The minimum Gasteiger partial charge on any atom is -0.334 e. The van der Waals surface area contributed by atoms with Crippen LogP contribution >= 0.6 is 0 Å². The highest BCUT2D eigenvalue weighted by molar-refractivity contribution is 7.91. The Labute approximate surface area is 166 Å². The summed E-state index contributed by atoms with van der Waals surface area (Å²) in [6, 6.07) is 8.75. The minimum absolute atomic E-state index is 0.0293. The zero-order chi connectivity index (χ0) is 20.1. The lowest BCUT2D eigenvalue weighted by atomic mass is 9.96. The van der Waals surface area contributed by atoms with Crippen molar-refractivity contribution in [2.24, 2.45) is 5.92 Å². The molecule has 2 aliphatic rings. The van der Waals surface area contributed by atoms with Gasteiger partial charge in [-0.05, 0) is 37.3 Å². The number of hydrogen-bond donors (Lipinski definition) is 2. The average molecular weight is 409 g/mol. The molecule has 2 fully saturated rings. The van der Waals surface area contributed by atoms with Crippen LogP contribution in [0, 0.1) is 5.92 Å². The van der Waals surface area contributed by atoms with Crippen molar-refractivity contribution in [1.82, 2.24) is 15.1 Å². The van der Waals surface area contributed by atoms with E-state index in [-0.39, 0.29) is 29.6 Å². The summed E-state index contributed by atoms with van der Waals surface area (Å²) in [6.45, 7) is 1.90. The Hall–Kier alpha value is -2.29. The van der Waals surface area contributed by atoms with Gasteiger partial charge in [-0.2, -0.15) is 0 Å². The molecule has 1 atom stereocenters. The lowest BCUT2D eigenvalue weighted by Crippen LogP contribution is -2.47. The molecular formula is C19H28N4O4S.